The minimum absolute atomic E-state index is 0.0118. The summed E-state index contributed by atoms with van der Waals surface area (Å²) >= 11 is 5.77. The van der Waals surface area contributed by atoms with Crippen LogP contribution in [-0.2, 0) is 20.8 Å². The predicted molar refractivity (Wildman–Crippen MR) is 72.7 cm³/mol. The van der Waals surface area contributed by atoms with Crippen LogP contribution in [0.5, 0.6) is 0 Å². The van der Waals surface area contributed by atoms with Gasteiger partial charge in [-0.15, -0.1) is 0 Å². The third-order valence-corrected chi connectivity index (χ3v) is 3.09. The Bertz CT molecular complexity index is 542. The Balaban J connectivity index is 1.74. The van der Waals surface area contributed by atoms with Crippen LogP contribution >= 0.6 is 11.6 Å². The summed E-state index contributed by atoms with van der Waals surface area (Å²) in [5.41, 5.74) is 0.910. The molecule has 0 radical (unpaired) electrons. The number of nitrogens with zero attached hydrogens (tertiary/aromatic N) is 1. The van der Waals surface area contributed by atoms with Crippen molar-refractivity contribution < 1.29 is 19.5 Å². The molecular weight excluding hydrogens is 284 g/mol. The minimum Gasteiger partial charge on any atom is -0.477 e. The number of rotatable bonds is 5. The van der Waals surface area contributed by atoms with E-state index in [-0.39, 0.29) is 18.0 Å². The molecule has 1 atom stereocenters. The van der Waals surface area contributed by atoms with E-state index in [1.807, 2.05) is 12.1 Å². The number of hydrogen-bond donors (Lipinski definition) is 2. The van der Waals surface area contributed by atoms with Crippen LogP contribution in [0.1, 0.15) is 12.0 Å². The normalized spacial score (nSPS) is 17.2. The van der Waals surface area contributed by atoms with Crippen molar-refractivity contribution in [2.45, 2.75) is 18.9 Å². The van der Waals surface area contributed by atoms with Crippen molar-refractivity contribution in [3.8, 4) is 0 Å². The van der Waals surface area contributed by atoms with Gasteiger partial charge in [0, 0.05) is 18.0 Å². The fourth-order valence-corrected chi connectivity index (χ4v) is 1.87. The molecule has 0 aromatic heterocycles. The van der Waals surface area contributed by atoms with Gasteiger partial charge in [0.1, 0.15) is 0 Å². The van der Waals surface area contributed by atoms with Gasteiger partial charge in [-0.1, -0.05) is 28.9 Å². The maximum atomic E-state index is 11.7. The van der Waals surface area contributed by atoms with Crippen LogP contribution in [0.4, 0.5) is 0 Å². The molecule has 1 aromatic rings. The summed E-state index contributed by atoms with van der Waals surface area (Å²) in [5, 5.41) is 15.4. The monoisotopic (exact) mass is 296 g/mol. The Labute approximate surface area is 120 Å². The molecule has 106 valence electrons. The first kappa shape index (κ1) is 14.3. The first-order valence-corrected chi connectivity index (χ1v) is 6.42. The molecule has 20 heavy (non-hydrogen) atoms. The van der Waals surface area contributed by atoms with Crippen LogP contribution in [0.2, 0.25) is 5.02 Å². The van der Waals surface area contributed by atoms with Crippen molar-refractivity contribution in [2.24, 2.45) is 5.16 Å². The van der Waals surface area contributed by atoms with Crippen molar-refractivity contribution in [2.75, 3.05) is 6.54 Å². The lowest BCUT2D eigenvalue weighted by Crippen LogP contribution is -2.36. The van der Waals surface area contributed by atoms with Crippen LogP contribution in [-0.4, -0.2) is 35.3 Å². The molecule has 1 aliphatic heterocycles. The lowest BCUT2D eigenvalue weighted by molar-refractivity contribution is -0.131. The second kappa shape index (κ2) is 6.38. The van der Waals surface area contributed by atoms with E-state index in [0.29, 0.717) is 18.0 Å². The van der Waals surface area contributed by atoms with Crippen molar-refractivity contribution in [3.63, 3.8) is 0 Å². The number of amides is 1. The maximum absolute atomic E-state index is 11.7. The molecule has 0 saturated heterocycles. The predicted octanol–water partition coefficient (Wildman–Crippen LogP) is 1.23. The van der Waals surface area contributed by atoms with E-state index in [1.54, 1.807) is 12.1 Å². The second-order valence-corrected chi connectivity index (χ2v) is 4.75. The highest BCUT2D eigenvalue weighted by molar-refractivity contribution is 6.36. The van der Waals surface area contributed by atoms with Gasteiger partial charge in [0.05, 0.1) is 0 Å². The molecule has 0 aliphatic carbocycles. The van der Waals surface area contributed by atoms with Crippen LogP contribution in [0.25, 0.3) is 0 Å². The Hall–Kier alpha value is -2.08. The Morgan fingerprint density at radius 1 is 1.40 bits per heavy atom. The molecule has 2 N–H and O–H groups in total. The number of carbonyl (C=O) groups is 2. The topological polar surface area (TPSA) is 88.0 Å². The third-order valence-electron chi connectivity index (χ3n) is 2.83. The van der Waals surface area contributed by atoms with Gasteiger partial charge in [0.15, 0.2) is 5.71 Å². The van der Waals surface area contributed by atoms with E-state index in [1.165, 1.54) is 0 Å². The van der Waals surface area contributed by atoms with Gasteiger partial charge in [0.25, 0.3) is 5.91 Å². The molecule has 0 spiro atoms. The fourth-order valence-electron chi connectivity index (χ4n) is 1.74. The summed E-state index contributed by atoms with van der Waals surface area (Å²) < 4.78 is 0. The van der Waals surface area contributed by atoms with E-state index in [2.05, 4.69) is 10.5 Å². The Kier molecular flexibility index (Phi) is 4.57. The van der Waals surface area contributed by atoms with Crippen LogP contribution in [0.3, 0.4) is 0 Å². The quantitative estimate of drug-likeness (QED) is 0.855. The summed E-state index contributed by atoms with van der Waals surface area (Å²) in [7, 11) is 0. The highest BCUT2D eigenvalue weighted by atomic mass is 35.5. The summed E-state index contributed by atoms with van der Waals surface area (Å²) in [6.07, 6.45) is -0.212. The zero-order valence-electron chi connectivity index (χ0n) is 10.5. The van der Waals surface area contributed by atoms with Gasteiger partial charge in [-0.2, -0.15) is 0 Å². The lowest BCUT2D eigenvalue weighted by Gasteiger charge is -2.09. The number of nitrogens with one attached hydrogen (secondary N) is 1. The average Bonchev–Trinajstić information content (AvgIpc) is 2.91. The molecule has 2 rings (SSSR count). The molecule has 1 aromatic carbocycles. The number of carbonyl (C=O) groups excluding carboxylic acids is 1. The molecule has 1 heterocycles. The first-order valence-electron chi connectivity index (χ1n) is 6.04. The summed E-state index contributed by atoms with van der Waals surface area (Å²) in [5.74, 6) is -1.53. The molecule has 1 amide bonds. The molecule has 0 saturated carbocycles. The number of aliphatic carboxylic acids is 1. The fraction of sp³-hybridized carbons (Fsp3) is 0.308. The molecule has 1 aliphatic rings. The zero-order valence-corrected chi connectivity index (χ0v) is 11.3. The zero-order chi connectivity index (χ0) is 14.5. The summed E-state index contributed by atoms with van der Waals surface area (Å²) in [4.78, 5) is 27.2. The number of hydrogen-bond acceptors (Lipinski definition) is 4. The summed E-state index contributed by atoms with van der Waals surface area (Å²) in [6, 6.07) is 7.33. The average molecular weight is 297 g/mol. The molecule has 1 unspecified atom stereocenters. The van der Waals surface area contributed by atoms with Crippen molar-refractivity contribution in [1.29, 1.82) is 0 Å². The van der Waals surface area contributed by atoms with Crippen LogP contribution < -0.4 is 5.32 Å². The molecule has 6 nitrogen and oxygen atoms in total. The van der Waals surface area contributed by atoms with Gasteiger partial charge in [-0.05, 0) is 24.1 Å². The van der Waals surface area contributed by atoms with Crippen LogP contribution in [0.15, 0.2) is 29.4 Å². The Morgan fingerprint density at radius 3 is 2.70 bits per heavy atom. The van der Waals surface area contributed by atoms with Crippen molar-refractivity contribution in [3.05, 3.63) is 34.9 Å². The standard InChI is InChI=1S/C13H13ClN2O4/c14-9-3-1-8(2-4-9)5-6-15-12(17)11-7-10(13(18)19)16-20-11/h1-4,11H,5-7H2,(H,15,17)(H,18,19). The number of carboxylic acid groups (broad SMARTS) is 1. The number of oxime groups is 1. The van der Waals surface area contributed by atoms with E-state index in [9.17, 15) is 9.59 Å². The molecule has 7 heteroatoms. The van der Waals surface area contributed by atoms with Gasteiger partial charge >= 0.3 is 5.97 Å². The number of benzene rings is 1. The molecule has 0 bridgehead atoms. The number of carboxylic acids is 1. The van der Waals surface area contributed by atoms with Gasteiger partial charge in [0.2, 0.25) is 6.10 Å². The lowest BCUT2D eigenvalue weighted by atomic mass is 10.1. The maximum Gasteiger partial charge on any atom is 0.353 e. The van der Waals surface area contributed by atoms with E-state index < -0.39 is 12.1 Å². The largest absolute Gasteiger partial charge is 0.477 e. The smallest absolute Gasteiger partial charge is 0.353 e. The third kappa shape index (κ3) is 3.71. The molecule has 0 fully saturated rings. The highest BCUT2D eigenvalue weighted by Crippen LogP contribution is 2.11. The van der Waals surface area contributed by atoms with Gasteiger partial charge in [-0.25, -0.2) is 4.79 Å². The van der Waals surface area contributed by atoms with Crippen LogP contribution in [0, 0.1) is 0 Å². The van der Waals surface area contributed by atoms with Gasteiger partial charge in [-0.3, -0.25) is 4.79 Å². The SMILES string of the molecule is O=C(O)C1=NOC(C(=O)NCCc2ccc(Cl)cc2)C1. The van der Waals surface area contributed by atoms with Crippen molar-refractivity contribution >= 4 is 29.2 Å². The highest BCUT2D eigenvalue weighted by Gasteiger charge is 2.31. The summed E-state index contributed by atoms with van der Waals surface area (Å²) in [6.45, 7) is 0.433. The van der Waals surface area contributed by atoms with Gasteiger partial charge < -0.3 is 15.3 Å². The van der Waals surface area contributed by atoms with E-state index in [4.69, 9.17) is 21.5 Å². The van der Waals surface area contributed by atoms with E-state index in [0.717, 1.165) is 5.56 Å². The van der Waals surface area contributed by atoms with Crippen molar-refractivity contribution in [1.82, 2.24) is 5.32 Å². The minimum atomic E-state index is -1.17. The number of halogens is 1. The second-order valence-electron chi connectivity index (χ2n) is 4.31. The molecular formula is C13H13ClN2O4. The Morgan fingerprint density at radius 2 is 2.10 bits per heavy atom. The van der Waals surface area contributed by atoms with E-state index >= 15 is 0 Å². The first-order chi connectivity index (χ1) is 9.56.